The highest BCUT2D eigenvalue weighted by Gasteiger charge is 2.51. The molecule has 1 aliphatic heterocycles. The Morgan fingerprint density at radius 1 is 0.767 bits per heavy atom. The summed E-state index contributed by atoms with van der Waals surface area (Å²) in [6, 6.07) is 24.8. The smallest absolute Gasteiger partial charge is 0.399 e. The topological polar surface area (TPSA) is 35.8 Å². The van der Waals surface area contributed by atoms with Crippen molar-refractivity contribution in [2.75, 3.05) is 0 Å². The molecule has 150 valence electrons. The fraction of sp³-hybridized carbons (Fsp3) is 0.240. The molecule has 0 amide bonds. The van der Waals surface area contributed by atoms with Gasteiger partial charge in [-0.25, -0.2) is 4.98 Å². The fourth-order valence-electron chi connectivity index (χ4n) is 3.88. The molecular formula is C25H25BN2O2. The summed E-state index contributed by atoms with van der Waals surface area (Å²) in [7, 11) is -0.396. The molecule has 30 heavy (non-hydrogen) atoms. The second kappa shape index (κ2) is 6.83. The summed E-state index contributed by atoms with van der Waals surface area (Å²) in [5.74, 6) is 0. The summed E-state index contributed by atoms with van der Waals surface area (Å²) in [4.78, 5) is 4.97. The Labute approximate surface area is 177 Å². The third-order valence-electron chi connectivity index (χ3n) is 6.26. The van der Waals surface area contributed by atoms with Gasteiger partial charge in [0.1, 0.15) is 5.65 Å². The predicted molar refractivity (Wildman–Crippen MR) is 122 cm³/mol. The minimum atomic E-state index is -0.396. The molecule has 2 aromatic heterocycles. The van der Waals surface area contributed by atoms with Crippen LogP contribution < -0.4 is 5.46 Å². The van der Waals surface area contributed by atoms with Gasteiger partial charge >= 0.3 is 7.12 Å². The van der Waals surface area contributed by atoms with Crippen LogP contribution in [-0.4, -0.2) is 27.7 Å². The Balaban J connectivity index is 1.63. The van der Waals surface area contributed by atoms with Crippen molar-refractivity contribution >= 4 is 18.2 Å². The van der Waals surface area contributed by atoms with Crippen LogP contribution in [0.5, 0.6) is 0 Å². The Kier molecular flexibility index (Phi) is 4.35. The summed E-state index contributed by atoms with van der Waals surface area (Å²) in [5.41, 5.74) is 5.40. The number of aromatic nitrogens is 2. The second-order valence-electron chi connectivity index (χ2n) is 8.82. The Morgan fingerprint density at radius 3 is 2.17 bits per heavy atom. The molecule has 0 N–H and O–H groups in total. The maximum Gasteiger partial charge on any atom is 0.494 e. The highest BCUT2D eigenvalue weighted by Crippen LogP contribution is 2.37. The molecular weight excluding hydrogens is 371 g/mol. The van der Waals surface area contributed by atoms with E-state index in [1.165, 1.54) is 0 Å². The van der Waals surface area contributed by atoms with Crippen LogP contribution in [0.15, 0.2) is 79.0 Å². The number of imidazole rings is 1. The van der Waals surface area contributed by atoms with Crippen molar-refractivity contribution in [1.82, 2.24) is 9.38 Å². The second-order valence-corrected chi connectivity index (χ2v) is 8.82. The van der Waals surface area contributed by atoms with Gasteiger partial charge in [0.2, 0.25) is 0 Å². The van der Waals surface area contributed by atoms with Gasteiger partial charge < -0.3 is 9.31 Å². The Bertz CT molecular complexity index is 1200. The molecule has 4 nitrogen and oxygen atoms in total. The molecule has 1 aliphatic rings. The third-order valence-corrected chi connectivity index (χ3v) is 6.26. The van der Waals surface area contributed by atoms with Crippen LogP contribution in [0.25, 0.3) is 28.2 Å². The number of hydrogen-bond acceptors (Lipinski definition) is 3. The van der Waals surface area contributed by atoms with Crippen LogP contribution in [0.3, 0.4) is 0 Å². The van der Waals surface area contributed by atoms with Crippen LogP contribution in [0.2, 0.25) is 0 Å². The van der Waals surface area contributed by atoms with Crippen molar-refractivity contribution in [1.29, 1.82) is 0 Å². The lowest BCUT2D eigenvalue weighted by Crippen LogP contribution is -2.41. The number of pyridine rings is 1. The maximum absolute atomic E-state index is 6.27. The molecule has 1 fully saturated rings. The van der Waals surface area contributed by atoms with Gasteiger partial charge in [0, 0.05) is 17.3 Å². The van der Waals surface area contributed by atoms with Crippen molar-refractivity contribution in [2.24, 2.45) is 0 Å². The van der Waals surface area contributed by atoms with Gasteiger partial charge in [0.05, 0.1) is 22.6 Å². The van der Waals surface area contributed by atoms with E-state index in [4.69, 9.17) is 14.3 Å². The average molecular weight is 396 g/mol. The lowest BCUT2D eigenvalue weighted by Gasteiger charge is -2.32. The molecule has 0 unspecified atom stereocenters. The van der Waals surface area contributed by atoms with Gasteiger partial charge in [-0.1, -0.05) is 60.7 Å². The van der Waals surface area contributed by atoms with Gasteiger partial charge in [0.25, 0.3) is 0 Å². The first-order chi connectivity index (χ1) is 14.4. The minimum absolute atomic E-state index is 0.369. The SMILES string of the molecule is CC1(C)OB(c2cccc(-c3nc4ccccn4c3-c3ccccc3)c2)OC1(C)C. The highest BCUT2D eigenvalue weighted by atomic mass is 16.7. The molecule has 0 saturated carbocycles. The fourth-order valence-corrected chi connectivity index (χ4v) is 3.88. The molecule has 0 spiro atoms. The first-order valence-electron chi connectivity index (χ1n) is 10.3. The zero-order valence-corrected chi connectivity index (χ0v) is 17.8. The Morgan fingerprint density at radius 2 is 1.43 bits per heavy atom. The summed E-state index contributed by atoms with van der Waals surface area (Å²) in [5, 5.41) is 0. The molecule has 5 heteroatoms. The maximum atomic E-state index is 6.27. The van der Waals surface area contributed by atoms with Crippen molar-refractivity contribution in [3.05, 3.63) is 79.0 Å². The van der Waals surface area contributed by atoms with E-state index in [1.807, 2.05) is 24.3 Å². The molecule has 0 bridgehead atoms. The van der Waals surface area contributed by atoms with Crippen LogP contribution >= 0.6 is 0 Å². The number of nitrogens with zero attached hydrogens (tertiary/aromatic N) is 2. The van der Waals surface area contributed by atoms with Gasteiger partial charge in [-0.3, -0.25) is 4.40 Å². The first kappa shape index (κ1) is 19.1. The van der Waals surface area contributed by atoms with Crippen LogP contribution in [-0.2, 0) is 9.31 Å². The van der Waals surface area contributed by atoms with E-state index in [2.05, 4.69) is 86.8 Å². The van der Waals surface area contributed by atoms with Crippen LogP contribution in [0.1, 0.15) is 27.7 Å². The average Bonchev–Trinajstić information content (AvgIpc) is 3.23. The number of fused-ring (bicyclic) bond motifs is 1. The molecule has 0 atom stereocenters. The third kappa shape index (κ3) is 3.06. The number of benzene rings is 2. The van der Waals surface area contributed by atoms with E-state index in [0.29, 0.717) is 0 Å². The summed E-state index contributed by atoms with van der Waals surface area (Å²) in [6.07, 6.45) is 2.06. The molecule has 3 heterocycles. The van der Waals surface area contributed by atoms with Crippen molar-refractivity contribution in [2.45, 2.75) is 38.9 Å². The lowest BCUT2D eigenvalue weighted by molar-refractivity contribution is 0.00578. The zero-order valence-electron chi connectivity index (χ0n) is 17.8. The molecule has 0 radical (unpaired) electrons. The van der Waals surface area contributed by atoms with Crippen molar-refractivity contribution < 1.29 is 9.31 Å². The lowest BCUT2D eigenvalue weighted by atomic mass is 9.78. The van der Waals surface area contributed by atoms with Crippen molar-refractivity contribution in [3.63, 3.8) is 0 Å². The zero-order chi connectivity index (χ0) is 20.9. The van der Waals surface area contributed by atoms with E-state index in [0.717, 1.165) is 33.6 Å². The molecule has 0 aliphatic carbocycles. The first-order valence-corrected chi connectivity index (χ1v) is 10.3. The van der Waals surface area contributed by atoms with Crippen LogP contribution in [0.4, 0.5) is 0 Å². The van der Waals surface area contributed by atoms with E-state index >= 15 is 0 Å². The summed E-state index contributed by atoms with van der Waals surface area (Å²) in [6.45, 7) is 8.30. The van der Waals surface area contributed by atoms with Gasteiger partial charge in [0.15, 0.2) is 0 Å². The number of rotatable bonds is 3. The van der Waals surface area contributed by atoms with Crippen molar-refractivity contribution in [3.8, 4) is 22.5 Å². The van der Waals surface area contributed by atoms with Gasteiger partial charge in [-0.05, 0) is 45.3 Å². The quantitative estimate of drug-likeness (QED) is 0.459. The van der Waals surface area contributed by atoms with E-state index in [-0.39, 0.29) is 11.2 Å². The molecule has 2 aromatic carbocycles. The summed E-state index contributed by atoms with van der Waals surface area (Å²) >= 11 is 0. The number of hydrogen-bond donors (Lipinski definition) is 0. The van der Waals surface area contributed by atoms with E-state index in [9.17, 15) is 0 Å². The normalized spacial score (nSPS) is 17.5. The molecule has 1 saturated heterocycles. The largest absolute Gasteiger partial charge is 0.494 e. The molecule has 5 rings (SSSR count). The monoisotopic (exact) mass is 396 g/mol. The Hall–Kier alpha value is -2.89. The van der Waals surface area contributed by atoms with Gasteiger partial charge in [-0.2, -0.15) is 0 Å². The van der Waals surface area contributed by atoms with Gasteiger partial charge in [-0.15, -0.1) is 0 Å². The highest BCUT2D eigenvalue weighted by molar-refractivity contribution is 6.62. The standard InChI is InChI=1S/C25H25BN2O2/c1-24(2)25(3,4)30-26(29-24)20-14-10-13-19(17-20)22-23(18-11-6-5-7-12-18)28-16-9-8-15-21(28)27-22/h5-17H,1-4H3. The van der Waals surface area contributed by atoms with Crippen LogP contribution in [0, 0.1) is 0 Å². The van der Waals surface area contributed by atoms with E-state index < -0.39 is 7.12 Å². The molecule has 4 aromatic rings. The predicted octanol–water partition coefficient (Wildman–Crippen LogP) is 4.97. The minimum Gasteiger partial charge on any atom is -0.399 e. The summed E-state index contributed by atoms with van der Waals surface area (Å²) < 4.78 is 14.7. The van der Waals surface area contributed by atoms with E-state index in [1.54, 1.807) is 0 Å².